The lowest BCUT2D eigenvalue weighted by Gasteiger charge is -2.37. The Labute approximate surface area is 386 Å². The van der Waals surface area contributed by atoms with Crippen LogP contribution in [0.15, 0.2) is 78.9 Å². The molecule has 3 aromatic carbocycles. The number of rotatable bonds is 21. The summed E-state index contributed by atoms with van der Waals surface area (Å²) in [5, 5.41) is 26.5. The zero-order valence-electron chi connectivity index (χ0n) is 39.5. The van der Waals surface area contributed by atoms with Crippen molar-refractivity contribution in [1.82, 2.24) is 25.8 Å². The van der Waals surface area contributed by atoms with Crippen LogP contribution < -0.4 is 16.0 Å². The van der Waals surface area contributed by atoms with Gasteiger partial charge in [-0.2, -0.15) is 0 Å². The Morgan fingerprint density at radius 2 is 1.14 bits per heavy atom. The van der Waals surface area contributed by atoms with E-state index in [0.717, 1.165) is 32.1 Å². The van der Waals surface area contributed by atoms with E-state index in [1.54, 1.807) is 85.7 Å². The molecule has 358 valence electrons. The van der Waals surface area contributed by atoms with Gasteiger partial charge in [0.25, 0.3) is 0 Å². The Kier molecular flexibility index (Phi) is 18.0. The lowest BCUT2D eigenvalue weighted by Crippen LogP contribution is -2.61. The van der Waals surface area contributed by atoms with Gasteiger partial charge in [0.1, 0.15) is 36.8 Å². The van der Waals surface area contributed by atoms with Crippen LogP contribution in [0.2, 0.25) is 0 Å². The van der Waals surface area contributed by atoms with Crippen LogP contribution in [0.25, 0.3) is 11.1 Å². The Morgan fingerprint density at radius 3 is 1.64 bits per heavy atom. The third kappa shape index (κ3) is 14.6. The molecule has 1 aliphatic carbocycles. The highest BCUT2D eigenvalue weighted by Crippen LogP contribution is 2.44. The zero-order chi connectivity index (χ0) is 49.1. The smallest absolute Gasteiger partial charge is 0.407 e. The van der Waals surface area contributed by atoms with Crippen molar-refractivity contribution >= 4 is 41.7 Å². The molecule has 1 aliphatic rings. The first-order chi connectivity index (χ1) is 30.9. The Bertz CT molecular complexity index is 2160. The number of aliphatic carboxylic acids is 2. The van der Waals surface area contributed by atoms with Gasteiger partial charge in [-0.15, -0.1) is 0 Å². The van der Waals surface area contributed by atoms with E-state index in [2.05, 4.69) is 16.0 Å². The number of nitrogens with zero attached hydrogens (tertiary/aromatic N) is 2. The summed E-state index contributed by atoms with van der Waals surface area (Å²) in [6.07, 6.45) is -1.83. The van der Waals surface area contributed by atoms with Crippen molar-refractivity contribution in [3.8, 4) is 11.1 Å². The number of nitrogens with one attached hydrogen (secondary N) is 3. The first-order valence-corrected chi connectivity index (χ1v) is 21.9. The average Bonchev–Trinajstić information content (AvgIpc) is 3.56. The molecule has 17 nitrogen and oxygen atoms in total. The fourth-order valence-electron chi connectivity index (χ4n) is 7.64. The van der Waals surface area contributed by atoms with Crippen molar-refractivity contribution < 1.29 is 58.0 Å². The molecule has 4 rings (SSSR count). The number of benzene rings is 3. The number of carboxylic acids is 2. The normalized spacial score (nSPS) is 14.7. The quantitative estimate of drug-likeness (QED) is 0.0988. The molecule has 0 fully saturated rings. The van der Waals surface area contributed by atoms with Gasteiger partial charge < -0.3 is 50.2 Å². The Hall–Kier alpha value is -6.33. The summed E-state index contributed by atoms with van der Waals surface area (Å²) >= 11 is 0. The number of fused-ring (bicyclic) bond motifs is 3. The van der Waals surface area contributed by atoms with Gasteiger partial charge in [-0.25, -0.2) is 9.59 Å². The Morgan fingerprint density at radius 1 is 0.636 bits per heavy atom. The second-order valence-electron chi connectivity index (χ2n) is 18.7. The van der Waals surface area contributed by atoms with Crippen molar-refractivity contribution in [2.45, 2.75) is 116 Å². The fraction of sp³-hybridized carbons (Fsp3) is 0.490. The van der Waals surface area contributed by atoms with E-state index < -0.39 is 95.4 Å². The molecule has 0 aromatic heterocycles. The van der Waals surface area contributed by atoms with Gasteiger partial charge in [0.05, 0.1) is 30.8 Å². The standard InChI is InChI=1S/C49H65N5O12/c1-29(2)41(43(58)50-36(46(61)62)25-40(55)56)54(10)45(60)39(24-30-18-12-11-13-19-30)53(9)44(59)38(28-66-49(6,7)8)51-42(57)37(27-65-48(3,4)5)52-47(63)64-26-35-33-22-16-14-20-31(33)32-21-15-17-23-34(32)35/h11-23,29,35-39,41H,24-28H2,1-10H3,(H,50,58)(H,51,57)(H,52,63)(H,55,56)(H,61,62)/t36-,37-,38-,39-,41-/m0/s1. The molecule has 0 aliphatic heterocycles. The molecule has 0 bridgehead atoms. The van der Waals surface area contributed by atoms with Gasteiger partial charge >= 0.3 is 18.0 Å². The molecule has 0 heterocycles. The number of carbonyl (C=O) groups excluding carboxylic acids is 5. The molecular formula is C49H65N5O12. The maximum Gasteiger partial charge on any atom is 0.407 e. The van der Waals surface area contributed by atoms with E-state index in [9.17, 15) is 43.8 Å². The van der Waals surface area contributed by atoms with Crippen LogP contribution in [-0.4, -0.2) is 137 Å². The van der Waals surface area contributed by atoms with Crippen LogP contribution in [0.1, 0.15) is 84.4 Å². The van der Waals surface area contributed by atoms with Gasteiger partial charge in [0.15, 0.2) is 0 Å². The van der Waals surface area contributed by atoms with Gasteiger partial charge in [-0.1, -0.05) is 92.7 Å². The molecule has 0 unspecified atom stereocenters. The minimum atomic E-state index is -1.77. The van der Waals surface area contributed by atoms with Gasteiger partial charge in [-0.05, 0) is 75.3 Å². The number of hydrogen-bond acceptors (Lipinski definition) is 10. The number of ether oxygens (including phenoxy) is 3. The highest BCUT2D eigenvalue weighted by atomic mass is 16.6. The number of carboxylic acid groups (broad SMARTS) is 2. The molecule has 0 saturated heterocycles. The van der Waals surface area contributed by atoms with Crippen LogP contribution in [0.3, 0.4) is 0 Å². The third-order valence-electron chi connectivity index (χ3n) is 11.0. The van der Waals surface area contributed by atoms with E-state index >= 15 is 0 Å². The van der Waals surface area contributed by atoms with Gasteiger partial charge in [-0.3, -0.25) is 24.0 Å². The predicted octanol–water partition coefficient (Wildman–Crippen LogP) is 4.61. The topological polar surface area (TPSA) is 230 Å². The second-order valence-corrected chi connectivity index (χ2v) is 18.7. The number of alkyl carbamates (subject to hydrolysis) is 1. The average molecular weight is 916 g/mol. The molecule has 0 spiro atoms. The van der Waals surface area contributed by atoms with Crippen molar-refractivity contribution in [3.63, 3.8) is 0 Å². The summed E-state index contributed by atoms with van der Waals surface area (Å²) in [5.74, 6) is -7.02. The van der Waals surface area contributed by atoms with Crippen molar-refractivity contribution in [2.75, 3.05) is 33.9 Å². The highest BCUT2D eigenvalue weighted by Gasteiger charge is 2.40. The maximum absolute atomic E-state index is 14.7. The summed E-state index contributed by atoms with van der Waals surface area (Å²) < 4.78 is 17.8. The van der Waals surface area contributed by atoms with Crippen LogP contribution in [0.5, 0.6) is 0 Å². The lowest BCUT2D eigenvalue weighted by atomic mass is 9.98. The predicted molar refractivity (Wildman–Crippen MR) is 245 cm³/mol. The van der Waals surface area contributed by atoms with Crippen molar-refractivity contribution in [3.05, 3.63) is 95.6 Å². The maximum atomic E-state index is 14.7. The van der Waals surface area contributed by atoms with Crippen molar-refractivity contribution in [2.24, 2.45) is 5.92 Å². The third-order valence-corrected chi connectivity index (χ3v) is 11.0. The molecule has 3 aromatic rings. The minimum absolute atomic E-state index is 0.0211. The van der Waals surface area contributed by atoms with E-state index in [4.69, 9.17) is 14.2 Å². The number of carbonyl (C=O) groups is 7. The first kappa shape index (κ1) is 52.3. The SMILES string of the molecule is CC(C)[C@@H](C(=O)N[C@@H](CC(=O)O)C(=O)O)N(C)C(=O)[C@H](Cc1ccccc1)N(C)C(=O)[C@H](COC(C)(C)C)NC(=O)[C@H](COC(C)(C)C)NC(=O)OCC1c2ccccc2-c2ccccc21. The monoisotopic (exact) mass is 915 g/mol. The second kappa shape index (κ2) is 22.7. The van der Waals surface area contributed by atoms with E-state index in [-0.39, 0.29) is 32.2 Å². The summed E-state index contributed by atoms with van der Waals surface area (Å²) in [6, 6.07) is 17.4. The molecule has 17 heteroatoms. The zero-order valence-corrected chi connectivity index (χ0v) is 39.5. The number of likely N-dealkylation sites (N-methyl/N-ethyl adjacent to an activating group) is 2. The van der Waals surface area contributed by atoms with Crippen LogP contribution >= 0.6 is 0 Å². The van der Waals surface area contributed by atoms with E-state index in [1.165, 1.54) is 14.1 Å². The van der Waals surface area contributed by atoms with Crippen molar-refractivity contribution in [1.29, 1.82) is 0 Å². The Balaban J connectivity index is 1.62. The molecule has 0 radical (unpaired) electrons. The van der Waals surface area contributed by atoms with E-state index in [0.29, 0.717) is 5.56 Å². The molecule has 5 N–H and O–H groups in total. The highest BCUT2D eigenvalue weighted by molar-refractivity contribution is 5.96. The van der Waals surface area contributed by atoms with Crippen LogP contribution in [0.4, 0.5) is 4.79 Å². The van der Waals surface area contributed by atoms with Crippen LogP contribution in [0, 0.1) is 5.92 Å². The molecular weight excluding hydrogens is 851 g/mol. The summed E-state index contributed by atoms with van der Waals surface area (Å²) in [4.78, 5) is 96.4. The largest absolute Gasteiger partial charge is 0.481 e. The molecule has 5 atom stereocenters. The molecule has 0 saturated carbocycles. The number of amides is 5. The summed E-state index contributed by atoms with van der Waals surface area (Å²) in [7, 11) is 2.72. The minimum Gasteiger partial charge on any atom is -0.481 e. The van der Waals surface area contributed by atoms with Crippen LogP contribution in [-0.2, 0) is 49.4 Å². The fourth-order valence-corrected chi connectivity index (χ4v) is 7.64. The first-order valence-electron chi connectivity index (χ1n) is 21.9. The summed E-state index contributed by atoms with van der Waals surface area (Å²) in [5.41, 5.74) is 3.22. The van der Waals surface area contributed by atoms with Gasteiger partial charge in [0, 0.05) is 26.4 Å². The molecule has 5 amide bonds. The summed E-state index contributed by atoms with van der Waals surface area (Å²) in [6.45, 7) is 13.2. The lowest BCUT2D eigenvalue weighted by molar-refractivity contribution is -0.152. The van der Waals surface area contributed by atoms with E-state index in [1.807, 2.05) is 48.5 Å². The molecule has 66 heavy (non-hydrogen) atoms. The van der Waals surface area contributed by atoms with Gasteiger partial charge in [0.2, 0.25) is 23.6 Å². The number of hydrogen-bond donors (Lipinski definition) is 5.